The molecule has 1 aromatic heterocycles. The van der Waals surface area contributed by atoms with E-state index in [9.17, 15) is 9.90 Å². The minimum Gasteiger partial charge on any atom is -0.393 e. The molecule has 0 bridgehead atoms. The smallest absolute Gasteiger partial charge is 0.251 e. The summed E-state index contributed by atoms with van der Waals surface area (Å²) in [6.45, 7) is 6.37. The van der Waals surface area contributed by atoms with Crippen LogP contribution in [0.5, 0.6) is 0 Å². The van der Waals surface area contributed by atoms with Gasteiger partial charge in [0.25, 0.3) is 5.91 Å². The lowest BCUT2D eigenvalue weighted by Crippen LogP contribution is -2.28. The molecule has 0 saturated carbocycles. The summed E-state index contributed by atoms with van der Waals surface area (Å²) in [6.07, 6.45) is 0.190. The van der Waals surface area contributed by atoms with Crippen LogP contribution in [0.2, 0.25) is 0 Å². The Hall–Kier alpha value is -1.72. The molecular weight excluding hydrogens is 296 g/mol. The van der Waals surface area contributed by atoms with E-state index in [0.29, 0.717) is 18.5 Å². The van der Waals surface area contributed by atoms with Crippen LogP contribution < -0.4 is 5.32 Å². The first-order chi connectivity index (χ1) is 10.5. The van der Waals surface area contributed by atoms with E-state index in [-0.39, 0.29) is 17.9 Å². The Morgan fingerprint density at radius 2 is 2.00 bits per heavy atom. The number of nitrogens with one attached hydrogen (secondary N) is 1. The van der Waals surface area contributed by atoms with Crippen molar-refractivity contribution >= 4 is 17.2 Å². The van der Waals surface area contributed by atoms with Crippen molar-refractivity contribution in [2.45, 2.75) is 33.3 Å². The molecule has 1 unspecified atom stereocenters. The molecule has 1 aromatic carbocycles. The normalized spacial score (nSPS) is 12.4. The Labute approximate surface area is 135 Å². The molecule has 0 aliphatic carbocycles. The molecule has 1 heterocycles. The predicted octanol–water partition coefficient (Wildman–Crippen LogP) is 3.26. The van der Waals surface area contributed by atoms with Crippen molar-refractivity contribution in [3.05, 3.63) is 40.9 Å². The number of carbonyl (C=O) groups excluding carboxylic acids is 1. The lowest BCUT2D eigenvalue weighted by Gasteiger charge is -2.14. The fourth-order valence-electron chi connectivity index (χ4n) is 2.02. The molecule has 2 rings (SSSR count). The lowest BCUT2D eigenvalue weighted by atomic mass is 10.0. The summed E-state index contributed by atoms with van der Waals surface area (Å²) in [6, 6.07) is 7.44. The third-order valence-electron chi connectivity index (χ3n) is 3.51. The highest BCUT2D eigenvalue weighted by Crippen LogP contribution is 2.23. The number of nitrogens with zero attached hydrogens (tertiary/aromatic N) is 1. The van der Waals surface area contributed by atoms with Crippen LogP contribution >= 0.6 is 11.3 Å². The first-order valence-electron chi connectivity index (χ1n) is 7.46. The van der Waals surface area contributed by atoms with Crippen LogP contribution in [0, 0.1) is 12.8 Å². The van der Waals surface area contributed by atoms with Gasteiger partial charge in [-0.25, -0.2) is 4.98 Å². The number of benzene rings is 1. The largest absolute Gasteiger partial charge is 0.393 e. The van der Waals surface area contributed by atoms with E-state index >= 15 is 0 Å². The molecule has 0 fully saturated rings. The second kappa shape index (κ2) is 7.51. The Bertz CT molecular complexity index is 620. The maximum atomic E-state index is 12.0. The minimum absolute atomic E-state index is 0.113. The summed E-state index contributed by atoms with van der Waals surface area (Å²) >= 11 is 1.60. The average molecular weight is 318 g/mol. The maximum absolute atomic E-state index is 12.0. The van der Waals surface area contributed by atoms with Gasteiger partial charge in [-0.05, 0) is 31.4 Å². The molecule has 2 aromatic rings. The molecule has 0 aliphatic heterocycles. The summed E-state index contributed by atoms with van der Waals surface area (Å²) in [5.41, 5.74) is 2.64. The molecule has 4 nitrogen and oxygen atoms in total. The van der Waals surface area contributed by atoms with Gasteiger partial charge in [0.05, 0.1) is 6.10 Å². The Balaban J connectivity index is 1.91. The van der Waals surface area contributed by atoms with E-state index in [0.717, 1.165) is 16.3 Å². The Morgan fingerprint density at radius 1 is 1.32 bits per heavy atom. The molecule has 5 heteroatoms. The monoisotopic (exact) mass is 318 g/mol. The van der Waals surface area contributed by atoms with Crippen molar-refractivity contribution in [2.24, 2.45) is 5.92 Å². The fraction of sp³-hybridized carbons (Fsp3) is 0.412. The van der Waals surface area contributed by atoms with E-state index in [4.69, 9.17) is 0 Å². The summed E-state index contributed by atoms with van der Waals surface area (Å²) in [5.74, 6) is 0.0933. The molecule has 1 amide bonds. The van der Waals surface area contributed by atoms with Crippen LogP contribution in [0.1, 0.15) is 36.3 Å². The van der Waals surface area contributed by atoms with Gasteiger partial charge < -0.3 is 10.4 Å². The molecular formula is C17H22N2O2S. The van der Waals surface area contributed by atoms with Gasteiger partial charge in [-0.3, -0.25) is 4.79 Å². The molecule has 2 N–H and O–H groups in total. The van der Waals surface area contributed by atoms with Crippen LogP contribution in [-0.2, 0) is 0 Å². The van der Waals surface area contributed by atoms with Gasteiger partial charge in [-0.2, -0.15) is 0 Å². The van der Waals surface area contributed by atoms with Crippen LogP contribution in [0.25, 0.3) is 10.6 Å². The van der Waals surface area contributed by atoms with Gasteiger partial charge in [-0.1, -0.05) is 26.0 Å². The second-order valence-electron chi connectivity index (χ2n) is 5.73. The van der Waals surface area contributed by atoms with Gasteiger partial charge in [0.15, 0.2) is 0 Å². The highest BCUT2D eigenvalue weighted by Gasteiger charge is 2.11. The number of aliphatic hydroxyl groups is 1. The van der Waals surface area contributed by atoms with Crippen molar-refractivity contribution in [3.8, 4) is 10.6 Å². The SMILES string of the molecule is Cc1csc(-c2ccc(C(=O)NCCC(O)C(C)C)cc2)n1. The quantitative estimate of drug-likeness (QED) is 0.859. The molecule has 1 atom stereocenters. The molecule has 0 aliphatic rings. The van der Waals surface area contributed by atoms with Crippen molar-refractivity contribution in [2.75, 3.05) is 6.54 Å². The van der Waals surface area contributed by atoms with Crippen LogP contribution in [0.4, 0.5) is 0 Å². The Kier molecular flexibility index (Phi) is 5.69. The van der Waals surface area contributed by atoms with E-state index in [1.54, 1.807) is 23.5 Å². The van der Waals surface area contributed by atoms with Gasteiger partial charge in [0.2, 0.25) is 0 Å². The predicted molar refractivity (Wildman–Crippen MR) is 90.1 cm³/mol. The van der Waals surface area contributed by atoms with E-state index < -0.39 is 0 Å². The molecule has 118 valence electrons. The van der Waals surface area contributed by atoms with E-state index in [1.807, 2.05) is 38.3 Å². The molecule has 22 heavy (non-hydrogen) atoms. The fourth-order valence-corrected chi connectivity index (χ4v) is 2.82. The average Bonchev–Trinajstić information content (AvgIpc) is 2.93. The third-order valence-corrected chi connectivity index (χ3v) is 4.52. The maximum Gasteiger partial charge on any atom is 0.251 e. The summed E-state index contributed by atoms with van der Waals surface area (Å²) in [7, 11) is 0. The minimum atomic E-state index is -0.379. The number of aromatic nitrogens is 1. The molecule has 0 saturated heterocycles. The molecule has 0 radical (unpaired) electrons. The van der Waals surface area contributed by atoms with E-state index in [2.05, 4.69) is 10.3 Å². The third kappa shape index (κ3) is 4.39. The summed E-state index contributed by atoms with van der Waals surface area (Å²) in [4.78, 5) is 16.5. The van der Waals surface area contributed by atoms with Gasteiger partial charge in [0, 0.05) is 28.7 Å². The standard InChI is InChI=1S/C17H22N2O2S/c1-11(2)15(20)8-9-18-16(21)13-4-6-14(7-5-13)17-19-12(3)10-22-17/h4-7,10-11,15,20H,8-9H2,1-3H3,(H,18,21). The van der Waals surface area contributed by atoms with Gasteiger partial charge in [-0.15, -0.1) is 11.3 Å². The number of amides is 1. The zero-order valence-electron chi connectivity index (χ0n) is 13.2. The number of hydrogen-bond acceptors (Lipinski definition) is 4. The van der Waals surface area contributed by atoms with Crippen molar-refractivity contribution in [3.63, 3.8) is 0 Å². The zero-order valence-corrected chi connectivity index (χ0v) is 14.0. The van der Waals surface area contributed by atoms with Gasteiger partial charge >= 0.3 is 0 Å². The summed E-state index contributed by atoms with van der Waals surface area (Å²) < 4.78 is 0. The first-order valence-corrected chi connectivity index (χ1v) is 8.34. The van der Waals surface area contributed by atoms with Crippen molar-refractivity contribution in [1.29, 1.82) is 0 Å². The molecule has 0 spiro atoms. The topological polar surface area (TPSA) is 62.2 Å². The lowest BCUT2D eigenvalue weighted by molar-refractivity contribution is 0.0920. The van der Waals surface area contributed by atoms with E-state index in [1.165, 1.54) is 0 Å². The zero-order chi connectivity index (χ0) is 16.1. The van der Waals surface area contributed by atoms with Crippen molar-refractivity contribution in [1.82, 2.24) is 10.3 Å². The number of aryl methyl sites for hydroxylation is 1. The highest BCUT2D eigenvalue weighted by atomic mass is 32.1. The van der Waals surface area contributed by atoms with Gasteiger partial charge in [0.1, 0.15) is 5.01 Å². The second-order valence-corrected chi connectivity index (χ2v) is 6.59. The first kappa shape index (κ1) is 16.6. The highest BCUT2D eigenvalue weighted by molar-refractivity contribution is 7.13. The number of aliphatic hydroxyl groups excluding tert-OH is 1. The number of thiazole rings is 1. The van der Waals surface area contributed by atoms with Crippen LogP contribution in [-0.4, -0.2) is 28.6 Å². The number of carbonyl (C=O) groups is 1. The Morgan fingerprint density at radius 3 is 2.55 bits per heavy atom. The van der Waals surface area contributed by atoms with Crippen molar-refractivity contribution < 1.29 is 9.90 Å². The summed E-state index contributed by atoms with van der Waals surface area (Å²) in [5, 5.41) is 15.5. The number of rotatable bonds is 6. The van der Waals surface area contributed by atoms with Crippen LogP contribution in [0.3, 0.4) is 0 Å². The van der Waals surface area contributed by atoms with Crippen LogP contribution in [0.15, 0.2) is 29.6 Å². The number of hydrogen-bond donors (Lipinski definition) is 2.